The molecule has 0 bridgehead atoms. The van der Waals surface area contributed by atoms with Gasteiger partial charge in [-0.1, -0.05) is 41.5 Å². The number of nitrogens with one attached hydrogen (secondary N) is 1. The molecule has 0 aliphatic heterocycles. The average molecular weight is 382 g/mol. The molecule has 2 aromatic carbocycles. The molecule has 1 N–H and O–H groups in total. The highest BCUT2D eigenvalue weighted by Gasteiger charge is 2.23. The minimum atomic E-state index is -0.321. The standard InChI is InChI=1S/C23H31N3O2/c1-16-8-11-21(12-9-16)24-22(27)15-26(6)23(28)19(4)25(5)14-20-10-7-17(2)13-18(20)3/h7-13,19H,14-15H2,1-6H3,(H,24,27)/t19-/m0/s1. The lowest BCUT2D eigenvalue weighted by molar-refractivity contribution is -0.137. The fourth-order valence-corrected chi connectivity index (χ4v) is 3.07. The quantitative estimate of drug-likeness (QED) is 0.798. The lowest BCUT2D eigenvalue weighted by Gasteiger charge is -2.28. The van der Waals surface area contributed by atoms with Crippen molar-refractivity contribution in [1.82, 2.24) is 9.80 Å². The van der Waals surface area contributed by atoms with Gasteiger partial charge in [0.05, 0.1) is 12.6 Å². The van der Waals surface area contributed by atoms with Crippen LogP contribution in [0.1, 0.15) is 29.2 Å². The molecule has 0 saturated carbocycles. The van der Waals surface area contributed by atoms with Crippen molar-refractivity contribution in [2.45, 2.75) is 40.3 Å². The number of carbonyl (C=O) groups excluding carboxylic acids is 2. The van der Waals surface area contributed by atoms with Gasteiger partial charge in [0, 0.05) is 19.3 Å². The molecule has 0 saturated heterocycles. The van der Waals surface area contributed by atoms with Gasteiger partial charge >= 0.3 is 0 Å². The summed E-state index contributed by atoms with van der Waals surface area (Å²) in [6, 6.07) is 13.6. The number of hydrogen-bond acceptors (Lipinski definition) is 3. The van der Waals surface area contributed by atoms with Gasteiger partial charge in [-0.25, -0.2) is 0 Å². The minimum absolute atomic E-state index is 0.0223. The number of rotatable bonds is 7. The largest absolute Gasteiger partial charge is 0.335 e. The van der Waals surface area contributed by atoms with E-state index in [1.807, 2.05) is 50.1 Å². The minimum Gasteiger partial charge on any atom is -0.335 e. The first-order valence-corrected chi connectivity index (χ1v) is 9.55. The smallest absolute Gasteiger partial charge is 0.243 e. The Labute approximate surface area is 168 Å². The Morgan fingerprint density at radius 1 is 0.964 bits per heavy atom. The van der Waals surface area contributed by atoms with E-state index in [1.165, 1.54) is 21.6 Å². The van der Waals surface area contributed by atoms with Crippen LogP contribution in [0.2, 0.25) is 0 Å². The summed E-state index contributed by atoms with van der Waals surface area (Å²) in [6.45, 7) is 8.73. The fraction of sp³-hybridized carbons (Fsp3) is 0.391. The summed E-state index contributed by atoms with van der Waals surface area (Å²) < 4.78 is 0. The van der Waals surface area contributed by atoms with E-state index in [9.17, 15) is 9.59 Å². The molecule has 0 aliphatic rings. The zero-order chi connectivity index (χ0) is 20.8. The second-order valence-electron chi connectivity index (χ2n) is 7.63. The summed E-state index contributed by atoms with van der Waals surface area (Å²) in [6.07, 6.45) is 0. The number of aryl methyl sites for hydroxylation is 3. The molecule has 0 heterocycles. The van der Waals surface area contributed by atoms with E-state index >= 15 is 0 Å². The molecule has 2 aromatic rings. The Bertz CT molecular complexity index is 830. The van der Waals surface area contributed by atoms with Gasteiger partial charge in [0.15, 0.2) is 0 Å². The van der Waals surface area contributed by atoms with E-state index in [0.717, 1.165) is 11.3 Å². The lowest BCUT2D eigenvalue weighted by Crippen LogP contribution is -2.46. The van der Waals surface area contributed by atoms with Crippen molar-refractivity contribution < 1.29 is 9.59 Å². The normalized spacial score (nSPS) is 12.0. The molecule has 2 rings (SSSR count). The van der Waals surface area contributed by atoms with Gasteiger partial charge in [0.25, 0.3) is 0 Å². The van der Waals surface area contributed by atoms with Crippen LogP contribution in [-0.2, 0) is 16.1 Å². The highest BCUT2D eigenvalue weighted by atomic mass is 16.2. The summed E-state index contributed by atoms with van der Waals surface area (Å²) in [7, 11) is 3.60. The van der Waals surface area contributed by atoms with Crippen LogP contribution in [0.25, 0.3) is 0 Å². The topological polar surface area (TPSA) is 52.7 Å². The lowest BCUT2D eigenvalue weighted by atomic mass is 10.0. The van der Waals surface area contributed by atoms with Crippen LogP contribution in [-0.4, -0.2) is 48.3 Å². The van der Waals surface area contributed by atoms with Gasteiger partial charge in [0.2, 0.25) is 11.8 Å². The molecule has 0 aliphatic carbocycles. The third-order valence-electron chi connectivity index (χ3n) is 5.03. The van der Waals surface area contributed by atoms with Crippen LogP contribution >= 0.6 is 0 Å². The molecular formula is C23H31N3O2. The average Bonchev–Trinajstić information content (AvgIpc) is 2.64. The molecule has 0 spiro atoms. The Kier molecular flexibility index (Phi) is 7.35. The van der Waals surface area contributed by atoms with Crippen molar-refractivity contribution in [3.05, 3.63) is 64.7 Å². The third kappa shape index (κ3) is 5.92. The zero-order valence-corrected chi connectivity index (χ0v) is 17.7. The molecule has 5 heteroatoms. The summed E-state index contributed by atoms with van der Waals surface area (Å²) in [5.74, 6) is -0.282. The fourth-order valence-electron chi connectivity index (χ4n) is 3.07. The zero-order valence-electron chi connectivity index (χ0n) is 17.7. The molecule has 0 radical (unpaired) electrons. The predicted octanol–water partition coefficient (Wildman–Crippen LogP) is 3.53. The highest BCUT2D eigenvalue weighted by molar-refractivity contribution is 5.95. The number of likely N-dealkylation sites (N-methyl/N-ethyl adjacent to an activating group) is 2. The predicted molar refractivity (Wildman–Crippen MR) is 114 cm³/mol. The van der Waals surface area contributed by atoms with E-state index in [1.54, 1.807) is 7.05 Å². The summed E-state index contributed by atoms with van der Waals surface area (Å²) in [5, 5.41) is 2.83. The molecule has 150 valence electrons. The maximum Gasteiger partial charge on any atom is 0.243 e. The highest BCUT2D eigenvalue weighted by Crippen LogP contribution is 2.14. The first-order chi connectivity index (χ1) is 13.2. The van der Waals surface area contributed by atoms with Crippen molar-refractivity contribution in [3.8, 4) is 0 Å². The van der Waals surface area contributed by atoms with Gasteiger partial charge in [-0.15, -0.1) is 0 Å². The van der Waals surface area contributed by atoms with Crippen LogP contribution in [0.5, 0.6) is 0 Å². The monoisotopic (exact) mass is 381 g/mol. The van der Waals surface area contributed by atoms with E-state index < -0.39 is 0 Å². The van der Waals surface area contributed by atoms with Gasteiger partial charge in [-0.2, -0.15) is 0 Å². The molecular weight excluding hydrogens is 350 g/mol. The van der Waals surface area contributed by atoms with E-state index in [2.05, 4.69) is 37.4 Å². The van der Waals surface area contributed by atoms with Crippen molar-refractivity contribution in [2.24, 2.45) is 0 Å². The molecule has 1 atom stereocenters. The molecule has 28 heavy (non-hydrogen) atoms. The molecule has 5 nitrogen and oxygen atoms in total. The van der Waals surface area contributed by atoms with Gasteiger partial charge in [-0.05, 0) is 58.0 Å². The Morgan fingerprint density at radius 2 is 1.57 bits per heavy atom. The first kappa shape index (κ1) is 21.6. The summed E-state index contributed by atoms with van der Waals surface area (Å²) in [4.78, 5) is 28.5. The molecule has 0 fully saturated rings. The van der Waals surface area contributed by atoms with E-state index in [-0.39, 0.29) is 24.4 Å². The third-order valence-corrected chi connectivity index (χ3v) is 5.03. The van der Waals surface area contributed by atoms with Crippen molar-refractivity contribution in [3.63, 3.8) is 0 Å². The van der Waals surface area contributed by atoms with Crippen LogP contribution < -0.4 is 5.32 Å². The number of amides is 2. The maximum atomic E-state index is 12.8. The van der Waals surface area contributed by atoms with Crippen LogP contribution in [0.15, 0.2) is 42.5 Å². The van der Waals surface area contributed by atoms with Crippen LogP contribution in [0.3, 0.4) is 0 Å². The number of nitrogens with zero attached hydrogens (tertiary/aromatic N) is 2. The molecule has 2 amide bonds. The number of hydrogen-bond donors (Lipinski definition) is 1. The second-order valence-corrected chi connectivity index (χ2v) is 7.63. The maximum absolute atomic E-state index is 12.8. The van der Waals surface area contributed by atoms with Crippen molar-refractivity contribution in [1.29, 1.82) is 0 Å². The van der Waals surface area contributed by atoms with Crippen LogP contribution in [0, 0.1) is 20.8 Å². The number of carbonyl (C=O) groups is 2. The summed E-state index contributed by atoms with van der Waals surface area (Å²) >= 11 is 0. The molecule has 0 aromatic heterocycles. The first-order valence-electron chi connectivity index (χ1n) is 9.55. The number of anilines is 1. The second kappa shape index (κ2) is 9.51. The van der Waals surface area contributed by atoms with Gasteiger partial charge in [0.1, 0.15) is 0 Å². The van der Waals surface area contributed by atoms with Crippen LogP contribution in [0.4, 0.5) is 5.69 Å². The Balaban J connectivity index is 1.91. The summed E-state index contributed by atoms with van der Waals surface area (Å²) in [5.41, 5.74) is 5.51. The number of benzene rings is 2. The van der Waals surface area contributed by atoms with E-state index in [4.69, 9.17) is 0 Å². The van der Waals surface area contributed by atoms with Gasteiger partial charge in [-0.3, -0.25) is 14.5 Å². The Morgan fingerprint density at radius 3 is 2.18 bits per heavy atom. The van der Waals surface area contributed by atoms with Gasteiger partial charge < -0.3 is 10.2 Å². The Hall–Kier alpha value is -2.66. The van der Waals surface area contributed by atoms with Crippen molar-refractivity contribution in [2.75, 3.05) is 26.0 Å². The van der Waals surface area contributed by atoms with E-state index in [0.29, 0.717) is 6.54 Å². The SMILES string of the molecule is Cc1ccc(NC(=O)CN(C)C(=O)[C@H](C)N(C)Cc2ccc(C)cc2C)cc1. The molecule has 0 unspecified atom stereocenters. The van der Waals surface area contributed by atoms with Crippen molar-refractivity contribution >= 4 is 17.5 Å².